The molecule has 1 spiro atoms. The molecule has 1 atom stereocenters. The van der Waals surface area contributed by atoms with Crippen LogP contribution >= 0.6 is 0 Å². The smallest absolute Gasteiger partial charge is 0.223 e. The Bertz CT molecular complexity index is 611. The van der Waals surface area contributed by atoms with Gasteiger partial charge in [-0.05, 0) is 49.9 Å². The molecular weight excluding hydrogens is 308 g/mol. The molecule has 6 nitrogen and oxygen atoms in total. The Labute approximate surface area is 142 Å². The third kappa shape index (κ3) is 3.02. The fourth-order valence-corrected chi connectivity index (χ4v) is 3.80. The number of nitrogens with one attached hydrogen (secondary N) is 2. The van der Waals surface area contributed by atoms with Gasteiger partial charge in [0, 0.05) is 18.0 Å². The fourth-order valence-electron chi connectivity index (χ4n) is 3.80. The molecular formula is C18H26N2O4. The van der Waals surface area contributed by atoms with E-state index in [1.807, 2.05) is 12.1 Å². The van der Waals surface area contributed by atoms with Gasteiger partial charge in [-0.15, -0.1) is 0 Å². The third-order valence-corrected chi connectivity index (χ3v) is 5.34. The minimum Gasteiger partial charge on any atom is -0.493 e. The SMILES string of the molecule is COc1ccc(CNC(=O)C2CC23CCNCC3)c(OC)c1OC. The van der Waals surface area contributed by atoms with Crippen LogP contribution in [0.1, 0.15) is 24.8 Å². The summed E-state index contributed by atoms with van der Waals surface area (Å²) in [6.07, 6.45) is 3.22. The first kappa shape index (κ1) is 16.9. The van der Waals surface area contributed by atoms with Crippen molar-refractivity contribution in [3.05, 3.63) is 17.7 Å². The number of hydrogen-bond donors (Lipinski definition) is 2. The van der Waals surface area contributed by atoms with E-state index in [1.165, 1.54) is 0 Å². The van der Waals surface area contributed by atoms with Crippen molar-refractivity contribution >= 4 is 5.91 Å². The van der Waals surface area contributed by atoms with Crippen LogP contribution in [-0.2, 0) is 11.3 Å². The van der Waals surface area contributed by atoms with Gasteiger partial charge in [0.05, 0.1) is 21.3 Å². The highest BCUT2D eigenvalue weighted by molar-refractivity contribution is 5.82. The number of amides is 1. The standard InChI is InChI=1S/C18H26N2O4/c1-22-14-5-4-12(15(23-2)16(14)24-3)11-20-17(21)13-10-18(13)6-8-19-9-7-18/h4-5,13,19H,6-11H2,1-3H3,(H,20,21). The molecule has 2 aliphatic rings. The third-order valence-electron chi connectivity index (χ3n) is 5.34. The van der Waals surface area contributed by atoms with Crippen LogP contribution in [-0.4, -0.2) is 40.3 Å². The van der Waals surface area contributed by atoms with Crippen molar-refractivity contribution in [1.82, 2.24) is 10.6 Å². The van der Waals surface area contributed by atoms with Crippen LogP contribution in [0.2, 0.25) is 0 Å². The van der Waals surface area contributed by atoms with E-state index in [4.69, 9.17) is 14.2 Å². The molecule has 1 unspecified atom stereocenters. The lowest BCUT2D eigenvalue weighted by Crippen LogP contribution is -2.33. The zero-order chi connectivity index (χ0) is 17.2. The van der Waals surface area contributed by atoms with Crippen molar-refractivity contribution in [1.29, 1.82) is 0 Å². The predicted octanol–water partition coefficient (Wildman–Crippen LogP) is 1.72. The van der Waals surface area contributed by atoms with Gasteiger partial charge in [-0.2, -0.15) is 0 Å². The average molecular weight is 334 g/mol. The molecule has 0 aromatic heterocycles. The summed E-state index contributed by atoms with van der Waals surface area (Å²) in [5.74, 6) is 2.07. The Kier molecular flexibility index (Phi) is 4.85. The van der Waals surface area contributed by atoms with E-state index in [2.05, 4.69) is 10.6 Å². The van der Waals surface area contributed by atoms with Gasteiger partial charge in [-0.3, -0.25) is 4.79 Å². The first-order chi connectivity index (χ1) is 11.6. The molecule has 1 aliphatic carbocycles. The second-order valence-corrected chi connectivity index (χ2v) is 6.58. The number of carbonyl (C=O) groups excluding carboxylic acids is 1. The molecule has 2 fully saturated rings. The van der Waals surface area contributed by atoms with Crippen molar-refractivity contribution < 1.29 is 19.0 Å². The molecule has 2 N–H and O–H groups in total. The minimum absolute atomic E-state index is 0.147. The summed E-state index contributed by atoms with van der Waals surface area (Å²) < 4.78 is 16.1. The molecule has 0 bridgehead atoms. The second kappa shape index (κ2) is 6.89. The largest absolute Gasteiger partial charge is 0.493 e. The van der Waals surface area contributed by atoms with Crippen molar-refractivity contribution in [2.75, 3.05) is 34.4 Å². The van der Waals surface area contributed by atoms with E-state index in [1.54, 1.807) is 21.3 Å². The van der Waals surface area contributed by atoms with Gasteiger partial charge in [0.2, 0.25) is 11.7 Å². The van der Waals surface area contributed by atoms with Crippen molar-refractivity contribution in [3.8, 4) is 17.2 Å². The number of ether oxygens (including phenoxy) is 3. The van der Waals surface area contributed by atoms with Gasteiger partial charge in [-0.1, -0.05) is 0 Å². The van der Waals surface area contributed by atoms with Crippen LogP contribution in [0.15, 0.2) is 12.1 Å². The lowest BCUT2D eigenvalue weighted by atomic mass is 9.92. The van der Waals surface area contributed by atoms with Gasteiger partial charge in [0.25, 0.3) is 0 Å². The van der Waals surface area contributed by atoms with Crippen LogP contribution in [0.3, 0.4) is 0 Å². The number of carbonyl (C=O) groups is 1. The van der Waals surface area contributed by atoms with E-state index in [0.717, 1.165) is 37.9 Å². The van der Waals surface area contributed by atoms with Gasteiger partial charge in [-0.25, -0.2) is 0 Å². The van der Waals surface area contributed by atoms with Crippen molar-refractivity contribution in [2.24, 2.45) is 11.3 Å². The molecule has 6 heteroatoms. The molecule has 1 aromatic rings. The molecule has 24 heavy (non-hydrogen) atoms. The monoisotopic (exact) mass is 334 g/mol. The Morgan fingerprint density at radius 3 is 2.50 bits per heavy atom. The predicted molar refractivity (Wildman–Crippen MR) is 90.6 cm³/mol. The molecule has 1 amide bonds. The Morgan fingerprint density at radius 2 is 1.88 bits per heavy atom. The zero-order valence-electron chi connectivity index (χ0n) is 14.6. The minimum atomic E-state index is 0.147. The summed E-state index contributed by atoms with van der Waals surface area (Å²) in [4.78, 5) is 12.5. The fraction of sp³-hybridized carbons (Fsp3) is 0.611. The van der Waals surface area contributed by atoms with Crippen LogP contribution in [0.4, 0.5) is 0 Å². The van der Waals surface area contributed by atoms with E-state index in [9.17, 15) is 4.79 Å². The Hall–Kier alpha value is -1.95. The number of methoxy groups -OCH3 is 3. The van der Waals surface area contributed by atoms with Gasteiger partial charge in [0.1, 0.15) is 0 Å². The van der Waals surface area contributed by atoms with Crippen LogP contribution < -0.4 is 24.8 Å². The summed E-state index contributed by atoms with van der Waals surface area (Å²) in [5, 5.41) is 6.42. The molecule has 1 aliphatic heterocycles. The van der Waals surface area contributed by atoms with E-state index < -0.39 is 0 Å². The topological polar surface area (TPSA) is 68.8 Å². The quantitative estimate of drug-likeness (QED) is 0.829. The van der Waals surface area contributed by atoms with E-state index in [-0.39, 0.29) is 17.2 Å². The summed E-state index contributed by atoms with van der Waals surface area (Å²) in [6.45, 7) is 2.47. The summed E-state index contributed by atoms with van der Waals surface area (Å²) >= 11 is 0. The maximum Gasteiger partial charge on any atom is 0.223 e. The molecule has 132 valence electrons. The lowest BCUT2D eigenvalue weighted by molar-refractivity contribution is -0.123. The second-order valence-electron chi connectivity index (χ2n) is 6.58. The molecule has 1 saturated heterocycles. The first-order valence-corrected chi connectivity index (χ1v) is 8.41. The number of piperidine rings is 1. The maximum absolute atomic E-state index is 12.5. The highest BCUT2D eigenvalue weighted by Gasteiger charge is 2.57. The first-order valence-electron chi connectivity index (χ1n) is 8.41. The van der Waals surface area contributed by atoms with Crippen LogP contribution in [0.25, 0.3) is 0 Å². The highest BCUT2D eigenvalue weighted by Crippen LogP contribution is 2.58. The summed E-state index contributed by atoms with van der Waals surface area (Å²) in [7, 11) is 4.76. The lowest BCUT2D eigenvalue weighted by Gasteiger charge is -2.23. The Morgan fingerprint density at radius 1 is 1.17 bits per heavy atom. The normalized spacial score (nSPS) is 21.2. The van der Waals surface area contributed by atoms with Gasteiger partial charge < -0.3 is 24.8 Å². The van der Waals surface area contributed by atoms with Gasteiger partial charge >= 0.3 is 0 Å². The summed E-state index contributed by atoms with van der Waals surface area (Å²) in [6, 6.07) is 3.72. The van der Waals surface area contributed by atoms with Gasteiger partial charge in [0.15, 0.2) is 11.5 Å². The molecule has 1 aromatic carbocycles. The van der Waals surface area contributed by atoms with Crippen molar-refractivity contribution in [3.63, 3.8) is 0 Å². The molecule has 1 saturated carbocycles. The zero-order valence-corrected chi connectivity index (χ0v) is 14.6. The van der Waals surface area contributed by atoms with E-state index in [0.29, 0.717) is 23.8 Å². The Balaban J connectivity index is 1.65. The average Bonchev–Trinajstić information content (AvgIpc) is 3.32. The maximum atomic E-state index is 12.5. The molecule has 3 rings (SSSR count). The van der Waals surface area contributed by atoms with Crippen LogP contribution in [0.5, 0.6) is 17.2 Å². The number of hydrogen-bond acceptors (Lipinski definition) is 5. The molecule has 0 radical (unpaired) electrons. The van der Waals surface area contributed by atoms with E-state index >= 15 is 0 Å². The summed E-state index contributed by atoms with van der Waals surface area (Å²) in [5.41, 5.74) is 1.13. The van der Waals surface area contributed by atoms with Crippen molar-refractivity contribution in [2.45, 2.75) is 25.8 Å². The highest BCUT2D eigenvalue weighted by atomic mass is 16.5. The van der Waals surface area contributed by atoms with Crippen LogP contribution in [0, 0.1) is 11.3 Å². The number of rotatable bonds is 6. The number of benzene rings is 1. The molecule has 1 heterocycles.